The molecule has 170 valence electrons. The zero-order chi connectivity index (χ0) is 22.9. The average Bonchev–Trinajstić information content (AvgIpc) is 2.81. The molecule has 32 heavy (non-hydrogen) atoms. The van der Waals surface area contributed by atoms with E-state index in [0.717, 1.165) is 12.1 Å². The van der Waals surface area contributed by atoms with Crippen LogP contribution in [-0.4, -0.2) is 66.8 Å². The second-order valence-electron chi connectivity index (χ2n) is 6.84. The Morgan fingerprint density at radius 3 is 2.94 bits per heavy atom. The van der Waals surface area contributed by atoms with Gasteiger partial charge in [0.25, 0.3) is 0 Å². The summed E-state index contributed by atoms with van der Waals surface area (Å²) < 4.78 is 10.8. The molecule has 2 aromatic rings. The van der Waals surface area contributed by atoms with E-state index in [-0.39, 0.29) is 17.4 Å². The first-order chi connectivity index (χ1) is 15.5. The van der Waals surface area contributed by atoms with E-state index in [2.05, 4.69) is 31.2 Å². The second-order valence-corrected chi connectivity index (χ2v) is 7.25. The third-order valence-electron chi connectivity index (χ3n) is 4.63. The number of aliphatic hydroxyl groups excluding tert-OH is 1. The fourth-order valence-corrected chi connectivity index (χ4v) is 3.28. The molecule has 2 heterocycles. The van der Waals surface area contributed by atoms with Gasteiger partial charge in [0.2, 0.25) is 12.3 Å². The summed E-state index contributed by atoms with van der Waals surface area (Å²) >= 11 is 6.40. The van der Waals surface area contributed by atoms with Gasteiger partial charge in [0.1, 0.15) is 23.7 Å². The molecule has 1 saturated heterocycles. The van der Waals surface area contributed by atoms with Crippen LogP contribution in [0.15, 0.2) is 24.5 Å². The van der Waals surface area contributed by atoms with Crippen molar-refractivity contribution in [2.75, 3.05) is 44.0 Å². The number of carbonyl (C=O) groups excluding carboxylic acids is 1. The van der Waals surface area contributed by atoms with Crippen molar-refractivity contribution < 1.29 is 19.4 Å². The molecule has 0 aliphatic carbocycles. The molecule has 1 aromatic carbocycles. The number of rotatable bonds is 9. The normalized spacial score (nSPS) is 16.5. The predicted octanol–water partition coefficient (Wildman–Crippen LogP) is 0.457. The van der Waals surface area contributed by atoms with Crippen LogP contribution in [0.3, 0.4) is 0 Å². The lowest BCUT2D eigenvalue weighted by Gasteiger charge is -2.22. The van der Waals surface area contributed by atoms with Crippen LogP contribution >= 0.6 is 11.6 Å². The zero-order valence-electron chi connectivity index (χ0n) is 17.4. The molecule has 0 bridgehead atoms. The first-order valence-electron chi connectivity index (χ1n) is 9.90. The maximum Gasteiger partial charge on any atom is 0.250 e. The molecule has 3 rings (SSSR count). The fraction of sp³-hybridized carbons (Fsp3) is 0.400. The van der Waals surface area contributed by atoms with Crippen molar-refractivity contribution in [2.45, 2.75) is 18.9 Å². The topological polar surface area (TPSA) is 153 Å². The van der Waals surface area contributed by atoms with Gasteiger partial charge >= 0.3 is 0 Å². The van der Waals surface area contributed by atoms with E-state index in [4.69, 9.17) is 26.3 Å². The smallest absolute Gasteiger partial charge is 0.250 e. The van der Waals surface area contributed by atoms with Gasteiger partial charge in [0.15, 0.2) is 5.69 Å². The Labute approximate surface area is 190 Å². The molecule has 1 aliphatic rings. The van der Waals surface area contributed by atoms with Crippen LogP contribution < -0.4 is 26.0 Å². The third kappa shape index (κ3) is 6.41. The molecule has 12 heteroatoms. The summed E-state index contributed by atoms with van der Waals surface area (Å²) in [5, 5.41) is 31.0. The lowest BCUT2D eigenvalue weighted by molar-refractivity contribution is -0.134. The minimum absolute atomic E-state index is 0.168. The van der Waals surface area contributed by atoms with Gasteiger partial charge in [0, 0.05) is 24.7 Å². The third-order valence-corrected chi connectivity index (χ3v) is 4.98. The number of nitriles is 1. The van der Waals surface area contributed by atoms with Crippen molar-refractivity contribution >= 4 is 29.0 Å². The van der Waals surface area contributed by atoms with Crippen molar-refractivity contribution in [1.29, 1.82) is 5.26 Å². The summed E-state index contributed by atoms with van der Waals surface area (Å²) in [6.07, 6.45) is 1.39. The van der Waals surface area contributed by atoms with Gasteiger partial charge in [-0.1, -0.05) is 11.6 Å². The molecule has 1 fully saturated rings. The monoisotopic (exact) mass is 461 g/mol. The predicted molar refractivity (Wildman–Crippen MR) is 117 cm³/mol. The summed E-state index contributed by atoms with van der Waals surface area (Å²) in [5.41, 5.74) is 1.40. The Balaban J connectivity index is 1.57. The fourth-order valence-electron chi connectivity index (χ4n) is 3.02. The SMILES string of the molecule is COc1cc(CCNC(=O)C2CNCCO2)c(Cl)cc1NC(O)Nc1cnc(C#N)cn1. The highest BCUT2D eigenvalue weighted by Crippen LogP contribution is 2.32. The minimum atomic E-state index is -1.23. The summed E-state index contributed by atoms with van der Waals surface area (Å²) in [6, 6.07) is 5.23. The van der Waals surface area contributed by atoms with Crippen molar-refractivity contribution in [3.05, 3.63) is 40.8 Å². The van der Waals surface area contributed by atoms with Gasteiger partial charge in [-0.3, -0.25) is 4.79 Å². The number of hydrogen-bond donors (Lipinski definition) is 5. The van der Waals surface area contributed by atoms with Gasteiger partial charge in [-0.25, -0.2) is 9.97 Å². The highest BCUT2D eigenvalue weighted by Gasteiger charge is 2.21. The van der Waals surface area contributed by atoms with E-state index in [1.54, 1.807) is 12.1 Å². The van der Waals surface area contributed by atoms with Crippen molar-refractivity contribution in [1.82, 2.24) is 20.6 Å². The molecule has 1 aromatic heterocycles. The number of amides is 1. The van der Waals surface area contributed by atoms with Gasteiger partial charge in [0.05, 0.1) is 31.8 Å². The Kier molecular flexibility index (Phi) is 8.41. The second kappa shape index (κ2) is 11.4. The molecule has 1 aliphatic heterocycles. The maximum absolute atomic E-state index is 12.2. The van der Waals surface area contributed by atoms with E-state index in [1.807, 2.05) is 6.07 Å². The van der Waals surface area contributed by atoms with Gasteiger partial charge < -0.3 is 35.8 Å². The van der Waals surface area contributed by atoms with Crippen LogP contribution in [0.4, 0.5) is 11.5 Å². The van der Waals surface area contributed by atoms with Crippen LogP contribution in [0.5, 0.6) is 5.75 Å². The Hall–Kier alpha value is -3.17. The molecule has 1 amide bonds. The lowest BCUT2D eigenvalue weighted by atomic mass is 10.1. The van der Waals surface area contributed by atoms with E-state index in [9.17, 15) is 9.90 Å². The largest absolute Gasteiger partial charge is 0.495 e. The number of hydrogen-bond acceptors (Lipinski definition) is 10. The highest BCUT2D eigenvalue weighted by atomic mass is 35.5. The van der Waals surface area contributed by atoms with Gasteiger partial charge in [-0.15, -0.1) is 0 Å². The number of nitrogens with zero attached hydrogens (tertiary/aromatic N) is 3. The van der Waals surface area contributed by atoms with Crippen LogP contribution in [0.25, 0.3) is 0 Å². The van der Waals surface area contributed by atoms with Gasteiger partial charge in [-0.2, -0.15) is 5.26 Å². The summed E-state index contributed by atoms with van der Waals surface area (Å²) in [7, 11) is 1.50. The number of aromatic nitrogens is 2. The van der Waals surface area contributed by atoms with Crippen LogP contribution in [0, 0.1) is 11.3 Å². The molecule has 5 N–H and O–H groups in total. The van der Waals surface area contributed by atoms with E-state index in [0.29, 0.717) is 42.6 Å². The standard InChI is InChI=1S/C20H24ClN7O4/c1-31-16-6-12(2-3-24-19(29)17-10-23-4-5-32-17)14(21)7-15(16)27-20(30)28-18-11-25-13(8-22)9-26-18/h6-7,9,11,17,20,23,27,30H,2-5,10H2,1H3,(H,24,29)(H,26,28). The van der Waals surface area contributed by atoms with Crippen LogP contribution in [0.1, 0.15) is 11.3 Å². The molecule has 11 nitrogen and oxygen atoms in total. The number of carbonyl (C=O) groups is 1. The number of benzene rings is 1. The Morgan fingerprint density at radius 1 is 1.44 bits per heavy atom. The first kappa shape index (κ1) is 23.5. The number of nitrogens with one attached hydrogen (secondary N) is 4. The molecule has 0 radical (unpaired) electrons. The number of methoxy groups -OCH3 is 1. The highest BCUT2D eigenvalue weighted by molar-refractivity contribution is 6.31. The average molecular weight is 462 g/mol. The van der Waals surface area contributed by atoms with Crippen LogP contribution in [0.2, 0.25) is 5.02 Å². The quantitative estimate of drug-likeness (QED) is 0.333. The molecule has 2 atom stereocenters. The van der Waals surface area contributed by atoms with E-state index < -0.39 is 12.5 Å². The Bertz CT molecular complexity index is 962. The molecule has 0 spiro atoms. The summed E-state index contributed by atoms with van der Waals surface area (Å²) in [4.78, 5) is 20.0. The Morgan fingerprint density at radius 2 is 2.28 bits per heavy atom. The number of ether oxygens (including phenoxy) is 2. The molecule has 2 unspecified atom stereocenters. The van der Waals surface area contributed by atoms with E-state index >= 15 is 0 Å². The maximum atomic E-state index is 12.2. The van der Waals surface area contributed by atoms with Crippen LogP contribution in [-0.2, 0) is 16.0 Å². The minimum Gasteiger partial charge on any atom is -0.495 e. The first-order valence-corrected chi connectivity index (χ1v) is 10.3. The number of morpholine rings is 1. The van der Waals surface area contributed by atoms with Crippen molar-refractivity contribution in [3.8, 4) is 11.8 Å². The molecular weight excluding hydrogens is 438 g/mol. The number of anilines is 2. The van der Waals surface area contributed by atoms with Gasteiger partial charge in [-0.05, 0) is 24.1 Å². The van der Waals surface area contributed by atoms with E-state index in [1.165, 1.54) is 19.5 Å². The summed E-state index contributed by atoms with van der Waals surface area (Å²) in [6.45, 7) is 2.12. The summed E-state index contributed by atoms with van der Waals surface area (Å²) in [5.74, 6) is 0.569. The van der Waals surface area contributed by atoms with Crippen molar-refractivity contribution in [3.63, 3.8) is 0 Å². The molecule has 0 saturated carbocycles. The number of aliphatic hydroxyl groups is 1. The molecular formula is C20H24ClN7O4. The lowest BCUT2D eigenvalue weighted by Crippen LogP contribution is -2.48. The zero-order valence-corrected chi connectivity index (χ0v) is 18.1. The number of halogens is 1. The van der Waals surface area contributed by atoms with Crippen molar-refractivity contribution in [2.24, 2.45) is 0 Å².